The Morgan fingerprint density at radius 2 is 0.500 bits per heavy atom. The number of fused-ring (bicyclic) bond motifs is 18. The van der Waals surface area contributed by atoms with E-state index in [-0.39, 0.29) is 91.3 Å². The number of para-hydroxylation sites is 4. The molecule has 10 heterocycles. The van der Waals surface area contributed by atoms with Gasteiger partial charge in [0.25, 0.3) is 0 Å². The molecule has 0 fully saturated rings. The van der Waals surface area contributed by atoms with Crippen LogP contribution in [0.25, 0.3) is 224 Å². The molecule has 0 unspecified atom stereocenters. The Labute approximate surface area is 908 Å². The Morgan fingerprint density at radius 3 is 0.840 bits per heavy atom. The van der Waals surface area contributed by atoms with Gasteiger partial charge in [-0.1, -0.05) is 296 Å². The van der Waals surface area contributed by atoms with Crippen molar-refractivity contribution in [3.63, 3.8) is 0 Å². The van der Waals surface area contributed by atoms with Crippen molar-refractivity contribution >= 4 is 249 Å². The molecule has 10 aromatic heterocycles. The van der Waals surface area contributed by atoms with Crippen molar-refractivity contribution in [3.8, 4) is 53.9 Å². The van der Waals surface area contributed by atoms with Crippen molar-refractivity contribution in [3.05, 3.63) is 428 Å². The van der Waals surface area contributed by atoms with Gasteiger partial charge in [0, 0.05) is 158 Å². The molecule has 0 saturated carbocycles. The van der Waals surface area contributed by atoms with Crippen LogP contribution in [0.3, 0.4) is 0 Å². The number of nitrogens with zero attached hydrogens (tertiary/aromatic N) is 11. The minimum Gasteiger partial charge on any atom is -0.293 e. The Bertz CT molecular complexity index is 9540. The van der Waals surface area contributed by atoms with Crippen LogP contribution in [0.2, 0.25) is 0 Å². The largest absolute Gasteiger partial charge is 0.293 e. The van der Waals surface area contributed by atoms with Gasteiger partial charge in [-0.2, -0.15) is 25.5 Å². The summed E-state index contributed by atoms with van der Waals surface area (Å²) in [5.41, 5.74) is 12.8. The number of anilines is 3. The smallest absolute Gasteiger partial charge is 0.166 e. The molecule has 0 amide bonds. The van der Waals surface area contributed by atoms with Crippen LogP contribution in [0.15, 0.2) is 393 Å². The second kappa shape index (κ2) is 40.0. The molecule has 20 heteroatoms. The average molecular weight is 2700 g/mol. The fraction of sp³-hybridized carbons (Fsp3) is 0.0645. The number of hydrogen-bond acceptors (Lipinski definition) is 13. The normalized spacial score (nSPS) is 11.6. The molecular formula is C124H82BrIr4N11S4-4. The van der Waals surface area contributed by atoms with E-state index in [4.69, 9.17) is 30.6 Å². The summed E-state index contributed by atoms with van der Waals surface area (Å²) in [7, 11) is 0. The van der Waals surface area contributed by atoms with Crippen LogP contribution in [0.4, 0.5) is 17.2 Å². The van der Waals surface area contributed by atoms with Gasteiger partial charge in [-0.05, 0) is 226 Å². The molecule has 0 bridgehead atoms. The van der Waals surface area contributed by atoms with Crippen LogP contribution in [0.1, 0.15) is 52.7 Å². The van der Waals surface area contributed by atoms with E-state index in [2.05, 4.69) is 470 Å². The van der Waals surface area contributed by atoms with Crippen LogP contribution in [-0.2, 0) is 91.3 Å². The van der Waals surface area contributed by atoms with Crippen molar-refractivity contribution in [2.75, 3.05) is 4.90 Å². The van der Waals surface area contributed by atoms with Crippen molar-refractivity contribution in [2.45, 2.75) is 52.4 Å². The van der Waals surface area contributed by atoms with E-state index in [0.29, 0.717) is 0 Å². The maximum atomic E-state index is 5.04. The zero-order valence-corrected chi connectivity index (χ0v) is 92.6. The predicted octanol–water partition coefficient (Wildman–Crippen LogP) is 34.9. The summed E-state index contributed by atoms with van der Waals surface area (Å²) in [5, 5.41) is 65.8. The second-order valence-corrected chi connectivity index (χ2v) is 42.3. The van der Waals surface area contributed by atoms with E-state index in [0.717, 1.165) is 162 Å². The monoisotopic (exact) mass is 2700 g/mol. The third-order valence-corrected chi connectivity index (χ3v) is 31.4. The van der Waals surface area contributed by atoms with E-state index < -0.39 is 0 Å². The summed E-state index contributed by atoms with van der Waals surface area (Å²) in [6, 6.07) is 151. The Hall–Kier alpha value is -13.3. The van der Waals surface area contributed by atoms with Gasteiger partial charge in [-0.15, -0.1) is 110 Å². The fourth-order valence-electron chi connectivity index (χ4n) is 19.4. The third-order valence-electron chi connectivity index (χ3n) is 26.5. The van der Waals surface area contributed by atoms with Crippen molar-refractivity contribution in [2.24, 2.45) is 0 Å². The minimum absolute atomic E-state index is 0. The summed E-state index contributed by atoms with van der Waals surface area (Å²) < 4.78 is 10.2. The number of rotatable bonds is 9. The summed E-state index contributed by atoms with van der Waals surface area (Å²) >= 11 is 10.4. The summed E-state index contributed by atoms with van der Waals surface area (Å²) in [6.07, 6.45) is 0. The molecule has 11 nitrogen and oxygen atoms in total. The molecule has 704 valence electrons. The van der Waals surface area contributed by atoms with Gasteiger partial charge in [-0.25, -0.2) is 45.3 Å². The molecule has 0 atom stereocenters. The van der Waals surface area contributed by atoms with Crippen molar-refractivity contribution in [1.82, 2.24) is 49.9 Å². The van der Waals surface area contributed by atoms with Crippen LogP contribution < -0.4 is 4.90 Å². The first kappa shape index (κ1) is 96.8. The van der Waals surface area contributed by atoms with E-state index >= 15 is 0 Å². The maximum absolute atomic E-state index is 5.04. The van der Waals surface area contributed by atoms with Crippen LogP contribution in [-0.4, -0.2) is 49.9 Å². The molecule has 28 rings (SSSR count). The fourth-order valence-corrected chi connectivity index (χ4v) is 23.9. The number of benzene rings is 18. The molecule has 0 aliphatic carbocycles. The zero-order chi connectivity index (χ0) is 94.0. The molecule has 0 N–H and O–H groups in total. The van der Waals surface area contributed by atoms with Gasteiger partial charge in [0.2, 0.25) is 0 Å². The van der Waals surface area contributed by atoms with Crippen molar-refractivity contribution < 1.29 is 80.4 Å². The van der Waals surface area contributed by atoms with E-state index in [1.165, 1.54) is 94.6 Å². The zero-order valence-electron chi connectivity index (χ0n) is 78.2. The number of halogens is 1. The molecule has 4 radical (unpaired) electrons. The SMILES string of the molecule is Brc1nnc(-c2[c-]c3ccccc3s2)c2cc3ccccc3cc12.CC(C)(C)c1ccc2c(c1)c1cc(C(C)(C)C)ccc1n2-c1nnc(-c2[c-]c3ccccc3s2)c2cc3ccccc3cc12.[Ir].[Ir].[Ir].[Ir].[c-]1c(-c2nnc(-n3c4ccccc4c4ccccc43)c3cc4ccccc4cc23)sc2ccccc12.[c-]1c(-c2nnc(N(c3ccccc3)c3ccccc3)c3cc4ccccc4cc23)sc2ccccc12. The Balaban J connectivity index is 0.000000114. The van der Waals surface area contributed by atoms with E-state index in [1.807, 2.05) is 24.3 Å². The topological polar surface area (TPSA) is 116 Å². The van der Waals surface area contributed by atoms with Gasteiger partial charge < -0.3 is 0 Å². The van der Waals surface area contributed by atoms with E-state index in [1.54, 1.807) is 45.3 Å². The van der Waals surface area contributed by atoms with Gasteiger partial charge in [0.05, 0.1) is 22.1 Å². The predicted molar refractivity (Wildman–Crippen MR) is 595 cm³/mol. The molecule has 0 spiro atoms. The number of thiophene rings is 4. The van der Waals surface area contributed by atoms with Gasteiger partial charge in [0.15, 0.2) is 17.5 Å². The van der Waals surface area contributed by atoms with Crippen LogP contribution in [0.5, 0.6) is 0 Å². The molecule has 0 saturated heterocycles. The first-order valence-corrected chi connectivity index (χ1v) is 50.7. The molecule has 0 aliphatic heterocycles. The van der Waals surface area contributed by atoms with Crippen molar-refractivity contribution in [1.29, 1.82) is 0 Å². The maximum Gasteiger partial charge on any atom is 0.166 e. The molecular weight excluding hydrogens is 2620 g/mol. The second-order valence-electron chi connectivity index (χ2n) is 37.3. The molecule has 144 heavy (non-hydrogen) atoms. The van der Waals surface area contributed by atoms with Crippen LogP contribution >= 0.6 is 61.3 Å². The van der Waals surface area contributed by atoms with Gasteiger partial charge in [-0.3, -0.25) is 14.0 Å². The number of hydrogen-bond donors (Lipinski definition) is 0. The van der Waals surface area contributed by atoms with Gasteiger partial charge in [0.1, 0.15) is 4.60 Å². The molecule has 0 aliphatic rings. The summed E-state index contributed by atoms with van der Waals surface area (Å²) in [5.74, 6) is 2.50. The Morgan fingerprint density at radius 1 is 0.236 bits per heavy atom. The quantitative estimate of drug-likeness (QED) is 0.103. The first-order chi connectivity index (χ1) is 68.5. The number of aromatic nitrogens is 10. The molecule has 28 aromatic rings. The van der Waals surface area contributed by atoms with Gasteiger partial charge >= 0.3 is 0 Å². The Kier molecular flexibility index (Phi) is 26.9. The third kappa shape index (κ3) is 17.9. The summed E-state index contributed by atoms with van der Waals surface area (Å²) in [6.45, 7) is 13.7. The standard InChI is InChI=1S/C40H34N3S.C32H18N3S.C32H20N3S.C20H10BrN2S.4Ir/c1-39(2,3)27-15-17-33-29(22-27)30-23-28(40(4,5)6)16-18-34(30)43(33)38-32-20-25-12-8-7-11-24(25)19-31(32)37(41-42-38)36-21-26-13-9-10-14-35(26)44-36;1-2-10-21-18-26-25(17-20(21)9-1)31(30-19-22-11-3-8-16-29(22)36-30)33-34-32(26)35-27-14-6-4-12-23(27)24-13-5-7-15-28(24)35;1-3-14-25(15-4-1)35(26-16-5-2-6-17-26)32-28-20-23-12-8-7-11-22(23)19-27(28)31(33-34-32)30-21-24-13-9-10-18-29(24)36-30;21-20-16-10-13-6-2-1-5-12(13)9-15(16)19(22-23-20)18-11-14-7-3-4-8-17(14)24-18;;;;/h7-20,22-23H,1-6H3;1-18H;1-20H;1-10H;;;;/q4*-1;;;;. The van der Waals surface area contributed by atoms with E-state index in [9.17, 15) is 0 Å². The first-order valence-electron chi connectivity index (χ1n) is 46.6. The van der Waals surface area contributed by atoms with Crippen LogP contribution in [0, 0.1) is 24.3 Å². The summed E-state index contributed by atoms with van der Waals surface area (Å²) in [4.78, 5) is 6.23. The molecule has 18 aromatic carbocycles. The minimum atomic E-state index is 0. The average Bonchev–Trinajstić information content (AvgIpc) is 1.56.